The minimum atomic E-state index is -0.780. The third kappa shape index (κ3) is 3.22. The molecule has 21 heavy (non-hydrogen) atoms. The molecule has 1 saturated carbocycles. The first-order chi connectivity index (χ1) is 10.1. The van der Waals surface area contributed by atoms with Crippen LogP contribution in [0.25, 0.3) is 5.95 Å². The first-order valence-corrected chi connectivity index (χ1v) is 6.63. The Morgan fingerprint density at radius 1 is 1.29 bits per heavy atom. The molecule has 1 aliphatic carbocycles. The zero-order valence-electron chi connectivity index (χ0n) is 11.8. The van der Waals surface area contributed by atoms with E-state index < -0.39 is 5.54 Å². The van der Waals surface area contributed by atoms with Gasteiger partial charge in [-0.3, -0.25) is 0 Å². The van der Waals surface area contributed by atoms with Gasteiger partial charge in [0.15, 0.2) is 0 Å². The smallest absolute Gasteiger partial charge is 0.258 e. The molecule has 0 saturated heterocycles. The second-order valence-electron chi connectivity index (χ2n) is 5.40. The number of hydrogen-bond acceptors (Lipinski definition) is 8. The van der Waals surface area contributed by atoms with Crippen LogP contribution in [-0.4, -0.2) is 41.3 Å². The fourth-order valence-corrected chi connectivity index (χ4v) is 1.62. The Labute approximate surface area is 121 Å². The number of aromatic nitrogens is 6. The van der Waals surface area contributed by atoms with E-state index in [-0.39, 0.29) is 0 Å². The number of nitrogens with zero attached hydrogens (tertiary/aromatic N) is 7. The lowest BCUT2D eigenvalue weighted by Gasteiger charge is -2.18. The van der Waals surface area contributed by atoms with E-state index in [4.69, 9.17) is 5.26 Å². The van der Waals surface area contributed by atoms with Crippen LogP contribution in [-0.2, 0) is 0 Å². The molecule has 0 atom stereocenters. The summed E-state index contributed by atoms with van der Waals surface area (Å²) in [7, 11) is 0. The number of anilines is 2. The van der Waals surface area contributed by atoms with Gasteiger partial charge in [0.05, 0.1) is 6.07 Å². The molecule has 0 amide bonds. The third-order valence-corrected chi connectivity index (χ3v) is 2.86. The highest BCUT2D eigenvalue weighted by Gasteiger charge is 2.24. The molecule has 9 nitrogen and oxygen atoms in total. The van der Waals surface area contributed by atoms with Crippen molar-refractivity contribution in [3.63, 3.8) is 0 Å². The number of nitriles is 1. The van der Waals surface area contributed by atoms with Crippen LogP contribution in [0.2, 0.25) is 0 Å². The van der Waals surface area contributed by atoms with Crippen molar-refractivity contribution in [3.8, 4) is 12.0 Å². The molecule has 2 N–H and O–H groups in total. The summed E-state index contributed by atoms with van der Waals surface area (Å²) in [5.74, 6) is 1.14. The SMILES string of the molecule is CC(C)(C#N)Nc1nc(NC2CC2)nc(-n2cncn2)n1. The molecule has 2 aromatic rings. The average Bonchev–Trinajstić information content (AvgIpc) is 3.07. The van der Waals surface area contributed by atoms with E-state index >= 15 is 0 Å². The zero-order valence-corrected chi connectivity index (χ0v) is 11.8. The van der Waals surface area contributed by atoms with E-state index in [2.05, 4.69) is 41.7 Å². The molecule has 0 unspecified atom stereocenters. The molecule has 2 aromatic heterocycles. The van der Waals surface area contributed by atoms with Gasteiger partial charge in [-0.25, -0.2) is 4.98 Å². The van der Waals surface area contributed by atoms with Crippen LogP contribution in [0.3, 0.4) is 0 Å². The standard InChI is InChI=1S/C12H15N9/c1-12(2,5-13)20-10-17-9(16-8-3-4-8)18-11(19-10)21-7-14-6-15-21/h6-8H,3-4H2,1-2H3,(H2,16,17,18,19,20). The average molecular weight is 285 g/mol. The van der Waals surface area contributed by atoms with Gasteiger partial charge in [0.2, 0.25) is 11.9 Å². The fraction of sp³-hybridized carbons (Fsp3) is 0.500. The highest BCUT2D eigenvalue weighted by atomic mass is 15.4. The Kier molecular flexibility index (Phi) is 3.13. The Morgan fingerprint density at radius 2 is 2.05 bits per heavy atom. The lowest BCUT2D eigenvalue weighted by Crippen LogP contribution is -2.30. The molecule has 1 fully saturated rings. The molecular weight excluding hydrogens is 270 g/mol. The van der Waals surface area contributed by atoms with Crippen molar-refractivity contribution in [2.45, 2.75) is 38.3 Å². The topological polar surface area (TPSA) is 117 Å². The summed E-state index contributed by atoms with van der Waals surface area (Å²) in [5.41, 5.74) is -0.780. The molecule has 3 rings (SSSR count). The van der Waals surface area contributed by atoms with Crippen LogP contribution in [0.1, 0.15) is 26.7 Å². The molecule has 1 aliphatic rings. The van der Waals surface area contributed by atoms with Gasteiger partial charge in [-0.15, -0.1) is 0 Å². The van der Waals surface area contributed by atoms with E-state index in [9.17, 15) is 0 Å². The maximum Gasteiger partial charge on any atom is 0.258 e. The fourth-order valence-electron chi connectivity index (χ4n) is 1.62. The van der Waals surface area contributed by atoms with Crippen molar-refractivity contribution >= 4 is 11.9 Å². The minimum Gasteiger partial charge on any atom is -0.351 e. The van der Waals surface area contributed by atoms with Gasteiger partial charge in [-0.2, -0.15) is 30.0 Å². The summed E-state index contributed by atoms with van der Waals surface area (Å²) in [6, 6.07) is 2.56. The van der Waals surface area contributed by atoms with Crippen molar-refractivity contribution < 1.29 is 0 Å². The highest BCUT2D eigenvalue weighted by molar-refractivity contribution is 5.41. The number of rotatable bonds is 5. The second-order valence-corrected chi connectivity index (χ2v) is 5.40. The number of nitrogens with one attached hydrogen (secondary N) is 2. The molecule has 0 radical (unpaired) electrons. The Morgan fingerprint density at radius 3 is 2.67 bits per heavy atom. The summed E-state index contributed by atoms with van der Waals surface area (Å²) in [6.07, 6.45) is 5.13. The summed E-state index contributed by atoms with van der Waals surface area (Å²) in [6.45, 7) is 3.50. The second kappa shape index (κ2) is 4.97. The van der Waals surface area contributed by atoms with E-state index in [0.717, 1.165) is 12.8 Å². The molecule has 0 aromatic carbocycles. The van der Waals surface area contributed by atoms with Crippen molar-refractivity contribution in [2.75, 3.05) is 10.6 Å². The van der Waals surface area contributed by atoms with Gasteiger partial charge in [-0.1, -0.05) is 0 Å². The van der Waals surface area contributed by atoms with Crippen LogP contribution in [0, 0.1) is 11.3 Å². The quantitative estimate of drug-likeness (QED) is 0.826. The van der Waals surface area contributed by atoms with E-state index in [1.54, 1.807) is 13.8 Å². The van der Waals surface area contributed by atoms with Crippen molar-refractivity contribution in [2.24, 2.45) is 0 Å². The maximum atomic E-state index is 9.11. The molecule has 0 bridgehead atoms. The Balaban J connectivity index is 1.94. The van der Waals surface area contributed by atoms with E-state index in [0.29, 0.717) is 23.9 Å². The van der Waals surface area contributed by atoms with E-state index in [1.165, 1.54) is 17.3 Å². The molecule has 2 heterocycles. The first kappa shape index (κ1) is 13.2. The molecular formula is C12H15N9. The Hall–Kier alpha value is -2.76. The van der Waals surface area contributed by atoms with Crippen LogP contribution < -0.4 is 10.6 Å². The van der Waals surface area contributed by atoms with E-state index in [1.807, 2.05) is 0 Å². The van der Waals surface area contributed by atoms with Crippen LogP contribution in [0.5, 0.6) is 0 Å². The number of hydrogen-bond donors (Lipinski definition) is 2. The molecule has 0 spiro atoms. The summed E-state index contributed by atoms with van der Waals surface area (Å²) >= 11 is 0. The predicted octanol–water partition coefficient (Wildman–Crippen LogP) is 0.741. The molecule has 0 aliphatic heterocycles. The van der Waals surface area contributed by atoms with Crippen molar-refractivity contribution in [1.29, 1.82) is 5.26 Å². The van der Waals surface area contributed by atoms with Crippen molar-refractivity contribution in [1.82, 2.24) is 29.7 Å². The Bertz CT molecular complexity index is 667. The van der Waals surface area contributed by atoms with Crippen molar-refractivity contribution in [3.05, 3.63) is 12.7 Å². The minimum absolute atomic E-state index is 0.324. The summed E-state index contributed by atoms with van der Waals surface area (Å²) < 4.78 is 1.45. The largest absolute Gasteiger partial charge is 0.351 e. The summed E-state index contributed by atoms with van der Waals surface area (Å²) in [4.78, 5) is 16.8. The van der Waals surface area contributed by atoms with Gasteiger partial charge >= 0.3 is 0 Å². The van der Waals surface area contributed by atoms with Gasteiger partial charge in [0, 0.05) is 6.04 Å². The molecule has 108 valence electrons. The third-order valence-electron chi connectivity index (χ3n) is 2.86. The monoisotopic (exact) mass is 285 g/mol. The lowest BCUT2D eigenvalue weighted by atomic mass is 10.1. The van der Waals surface area contributed by atoms with Crippen LogP contribution in [0.4, 0.5) is 11.9 Å². The first-order valence-electron chi connectivity index (χ1n) is 6.63. The van der Waals surface area contributed by atoms with Gasteiger partial charge in [0.25, 0.3) is 5.95 Å². The normalized spacial score (nSPS) is 14.5. The maximum absolute atomic E-state index is 9.11. The van der Waals surface area contributed by atoms with Crippen LogP contribution in [0.15, 0.2) is 12.7 Å². The van der Waals surface area contributed by atoms with Gasteiger partial charge < -0.3 is 10.6 Å². The highest BCUT2D eigenvalue weighted by Crippen LogP contribution is 2.23. The zero-order chi connectivity index (χ0) is 14.9. The predicted molar refractivity (Wildman–Crippen MR) is 74.7 cm³/mol. The van der Waals surface area contributed by atoms with Gasteiger partial charge in [-0.05, 0) is 26.7 Å². The molecule has 9 heteroatoms. The van der Waals surface area contributed by atoms with Gasteiger partial charge in [0.1, 0.15) is 18.2 Å². The van der Waals surface area contributed by atoms with Crippen LogP contribution >= 0.6 is 0 Å². The lowest BCUT2D eigenvalue weighted by molar-refractivity contribution is 0.708. The summed E-state index contributed by atoms with van der Waals surface area (Å²) in [5, 5.41) is 19.3.